The van der Waals surface area contributed by atoms with Crippen LogP contribution in [0.4, 0.5) is 4.39 Å². The van der Waals surface area contributed by atoms with E-state index < -0.39 is 31.0 Å². The molecule has 4 rings (SSSR count). The molecule has 3 aromatic rings. The van der Waals surface area contributed by atoms with E-state index in [1.165, 1.54) is 12.1 Å². The van der Waals surface area contributed by atoms with E-state index in [9.17, 15) is 4.39 Å². The second kappa shape index (κ2) is 8.07. The summed E-state index contributed by atoms with van der Waals surface area (Å²) in [6.07, 6.45) is 1.64. The summed E-state index contributed by atoms with van der Waals surface area (Å²) in [5.41, 5.74) is 3.40. The van der Waals surface area contributed by atoms with Crippen molar-refractivity contribution in [3.05, 3.63) is 71.7 Å². The zero-order valence-corrected chi connectivity index (χ0v) is 20.4. The van der Waals surface area contributed by atoms with Crippen molar-refractivity contribution in [2.24, 2.45) is 0 Å². The Labute approximate surface area is 201 Å². The van der Waals surface area contributed by atoms with Crippen molar-refractivity contribution < 1.29 is 17.8 Å². The predicted molar refractivity (Wildman–Crippen MR) is 134 cm³/mol. The van der Waals surface area contributed by atoms with Gasteiger partial charge < -0.3 is 9.31 Å². The van der Waals surface area contributed by atoms with Gasteiger partial charge in [0, 0.05) is 21.4 Å². The monoisotopic (exact) mass is 448 g/mol. The number of halogens is 1. The number of hydrogen-bond donors (Lipinski definition) is 0. The fourth-order valence-electron chi connectivity index (χ4n) is 3.85. The van der Waals surface area contributed by atoms with Crippen LogP contribution in [-0.2, 0) is 14.7 Å². The van der Waals surface area contributed by atoms with Crippen molar-refractivity contribution in [3.8, 4) is 22.4 Å². The molecule has 0 bridgehead atoms. The minimum Gasteiger partial charge on any atom is -0.399 e. The molecule has 0 radical (unpaired) electrons. The second-order valence-electron chi connectivity index (χ2n) is 10.8. The van der Waals surface area contributed by atoms with Gasteiger partial charge in [-0.05, 0) is 86.4 Å². The highest BCUT2D eigenvalue weighted by molar-refractivity contribution is 6.62. The molecule has 2 heterocycles. The Morgan fingerprint density at radius 1 is 0.909 bits per heavy atom. The van der Waals surface area contributed by atoms with Crippen LogP contribution >= 0.6 is 0 Å². The van der Waals surface area contributed by atoms with Gasteiger partial charge in [-0.2, -0.15) is 0 Å². The largest absolute Gasteiger partial charge is 0.494 e. The summed E-state index contributed by atoms with van der Waals surface area (Å²) in [5, 5.41) is 0. The van der Waals surface area contributed by atoms with Gasteiger partial charge >= 0.3 is 7.12 Å². The number of aromatic nitrogens is 1. The summed E-state index contributed by atoms with van der Waals surface area (Å²) in [7, 11) is -0.524. The van der Waals surface area contributed by atoms with Gasteiger partial charge in [-0.1, -0.05) is 45.0 Å². The predicted octanol–water partition coefficient (Wildman–Crippen LogP) is 6.46. The molecule has 0 atom stereocenters. The van der Waals surface area contributed by atoms with Gasteiger partial charge in [0.1, 0.15) is 5.82 Å². The summed E-state index contributed by atoms with van der Waals surface area (Å²) in [5.74, 6) is -0.581. The first kappa shape index (κ1) is 19.9. The van der Waals surface area contributed by atoms with E-state index in [1.807, 2.05) is 39.8 Å². The standard InChI is InChI=1S/C28H33BFNO2/c1-18-9-10-23(24(30)13-18)19-11-12-31-25(16-19)20-14-21(26(2,3)4)17-22(15-20)29-32-27(5,6)28(7,8)33-29/h9-17H,1-8H3/i1D3. The Kier molecular flexibility index (Phi) is 4.87. The van der Waals surface area contributed by atoms with Crippen LogP contribution in [0.2, 0.25) is 0 Å². The second-order valence-corrected chi connectivity index (χ2v) is 10.8. The van der Waals surface area contributed by atoms with Crippen molar-refractivity contribution in [3.63, 3.8) is 0 Å². The number of hydrogen-bond acceptors (Lipinski definition) is 3. The Balaban J connectivity index is 1.78. The maximum Gasteiger partial charge on any atom is 0.494 e. The van der Waals surface area contributed by atoms with Crippen LogP contribution in [0, 0.1) is 12.7 Å². The van der Waals surface area contributed by atoms with E-state index in [0.717, 1.165) is 22.7 Å². The van der Waals surface area contributed by atoms with Crippen LogP contribution in [-0.4, -0.2) is 23.3 Å². The number of rotatable bonds is 3. The number of pyridine rings is 1. The molecule has 1 saturated heterocycles. The third-order valence-electron chi connectivity index (χ3n) is 6.68. The van der Waals surface area contributed by atoms with Gasteiger partial charge in [0.05, 0.1) is 16.9 Å². The molecule has 0 aliphatic carbocycles. The lowest BCUT2D eigenvalue weighted by molar-refractivity contribution is 0.00578. The maximum atomic E-state index is 14.9. The molecular weight excluding hydrogens is 412 g/mol. The lowest BCUT2D eigenvalue weighted by Crippen LogP contribution is -2.41. The molecule has 1 fully saturated rings. The van der Waals surface area contributed by atoms with Crippen molar-refractivity contribution in [2.45, 2.75) is 71.9 Å². The van der Waals surface area contributed by atoms with Crippen LogP contribution in [0.25, 0.3) is 22.4 Å². The van der Waals surface area contributed by atoms with Gasteiger partial charge in [0.2, 0.25) is 0 Å². The summed E-state index contributed by atoms with van der Waals surface area (Å²) in [6.45, 7) is 12.2. The smallest absolute Gasteiger partial charge is 0.399 e. The first-order valence-electron chi connectivity index (χ1n) is 12.8. The first-order valence-corrected chi connectivity index (χ1v) is 11.3. The summed E-state index contributed by atoms with van der Waals surface area (Å²) in [4.78, 5) is 4.58. The molecule has 3 nitrogen and oxygen atoms in total. The molecule has 0 unspecified atom stereocenters. The van der Waals surface area contributed by atoms with E-state index in [1.54, 1.807) is 12.3 Å². The topological polar surface area (TPSA) is 31.4 Å². The van der Waals surface area contributed by atoms with Gasteiger partial charge in [0.25, 0.3) is 0 Å². The van der Waals surface area contributed by atoms with E-state index in [-0.39, 0.29) is 11.0 Å². The fraction of sp³-hybridized carbons (Fsp3) is 0.393. The Morgan fingerprint density at radius 2 is 1.61 bits per heavy atom. The van der Waals surface area contributed by atoms with E-state index in [4.69, 9.17) is 13.4 Å². The molecule has 1 aliphatic heterocycles. The minimum atomic E-state index is -2.36. The third-order valence-corrected chi connectivity index (χ3v) is 6.68. The number of aryl methyl sites for hydroxylation is 1. The van der Waals surface area contributed by atoms with Crippen LogP contribution in [0.1, 0.15) is 63.7 Å². The maximum absolute atomic E-state index is 14.9. The van der Waals surface area contributed by atoms with E-state index >= 15 is 0 Å². The molecule has 1 aliphatic rings. The van der Waals surface area contributed by atoms with Crippen molar-refractivity contribution in [1.29, 1.82) is 0 Å². The Morgan fingerprint density at radius 3 is 2.21 bits per heavy atom. The minimum absolute atomic E-state index is 0.0250. The zero-order chi connectivity index (χ0) is 26.7. The van der Waals surface area contributed by atoms with Crippen LogP contribution in [0.3, 0.4) is 0 Å². The summed E-state index contributed by atoms with van der Waals surface area (Å²) in [6, 6.07) is 13.8. The summed E-state index contributed by atoms with van der Waals surface area (Å²) < 4.78 is 50.2. The van der Waals surface area contributed by atoms with Gasteiger partial charge in [-0.25, -0.2) is 4.39 Å². The highest BCUT2D eigenvalue weighted by Gasteiger charge is 2.51. The van der Waals surface area contributed by atoms with E-state index in [0.29, 0.717) is 16.8 Å². The van der Waals surface area contributed by atoms with Crippen LogP contribution in [0.5, 0.6) is 0 Å². The summed E-state index contributed by atoms with van der Waals surface area (Å²) >= 11 is 0. The molecule has 0 saturated carbocycles. The zero-order valence-electron chi connectivity index (χ0n) is 23.4. The van der Waals surface area contributed by atoms with E-state index in [2.05, 4.69) is 37.9 Å². The lowest BCUT2D eigenvalue weighted by atomic mass is 9.74. The van der Waals surface area contributed by atoms with Crippen molar-refractivity contribution in [1.82, 2.24) is 4.98 Å². The SMILES string of the molecule is [2H]C([2H])([2H])c1ccc(-c2ccnc(-c3cc(B4OC(C)(C)C(C)(C)O4)cc(C(C)(C)C)c3)c2)c(F)c1. The van der Waals surface area contributed by atoms with Gasteiger partial charge in [-0.3, -0.25) is 4.98 Å². The quantitative estimate of drug-likeness (QED) is 0.431. The molecule has 5 heteroatoms. The average molecular weight is 448 g/mol. The highest BCUT2D eigenvalue weighted by Crippen LogP contribution is 2.37. The van der Waals surface area contributed by atoms with Crippen molar-refractivity contribution in [2.75, 3.05) is 0 Å². The molecule has 2 aromatic carbocycles. The molecule has 0 N–H and O–H groups in total. The molecule has 1 aromatic heterocycles. The van der Waals surface area contributed by atoms with Crippen molar-refractivity contribution >= 4 is 12.6 Å². The molecule has 0 amide bonds. The van der Waals surface area contributed by atoms with Crippen LogP contribution in [0.15, 0.2) is 54.7 Å². The highest BCUT2D eigenvalue weighted by atomic mass is 19.1. The molecule has 172 valence electrons. The Hall–Kier alpha value is -2.50. The Bertz CT molecular complexity index is 1280. The molecule has 33 heavy (non-hydrogen) atoms. The van der Waals surface area contributed by atoms with Gasteiger partial charge in [-0.15, -0.1) is 0 Å². The first-order chi connectivity index (χ1) is 16.5. The fourth-order valence-corrected chi connectivity index (χ4v) is 3.85. The average Bonchev–Trinajstić information content (AvgIpc) is 2.99. The van der Waals surface area contributed by atoms with Crippen LogP contribution < -0.4 is 5.46 Å². The normalized spacial score (nSPS) is 19.2. The third kappa shape index (κ3) is 4.62. The molecular formula is C28H33BFNO2. The lowest BCUT2D eigenvalue weighted by Gasteiger charge is -2.32. The number of nitrogens with zero attached hydrogens (tertiary/aromatic N) is 1. The van der Waals surface area contributed by atoms with Gasteiger partial charge in [0.15, 0.2) is 0 Å². The number of benzene rings is 2. The molecule has 0 spiro atoms.